The molecule has 0 bridgehead atoms. The molecule has 1 amide bonds. The molecular formula is C23H30ClN3O3S. The second-order valence-corrected chi connectivity index (χ2v) is 10.7. The molecule has 1 N–H and O–H groups in total. The van der Waals surface area contributed by atoms with Crippen LogP contribution in [0.1, 0.15) is 30.9 Å². The number of piperidine rings is 1. The van der Waals surface area contributed by atoms with E-state index in [-0.39, 0.29) is 12.5 Å². The molecule has 0 aliphatic carbocycles. The fourth-order valence-electron chi connectivity index (χ4n) is 3.87. The maximum atomic E-state index is 12.5. The maximum Gasteiger partial charge on any atom is 0.241 e. The first kappa shape index (κ1) is 23.4. The van der Waals surface area contributed by atoms with E-state index < -0.39 is 10.0 Å². The molecule has 1 aliphatic heterocycles. The normalized spacial score (nSPS) is 16.8. The fraction of sp³-hybridized carbons (Fsp3) is 0.435. The third-order valence-corrected chi connectivity index (χ3v) is 6.94. The van der Waals surface area contributed by atoms with Gasteiger partial charge in [-0.15, -0.1) is 0 Å². The highest BCUT2D eigenvalue weighted by Gasteiger charge is 2.22. The minimum absolute atomic E-state index is 0.302. The predicted octanol–water partition coefficient (Wildman–Crippen LogP) is 3.97. The topological polar surface area (TPSA) is 69.7 Å². The van der Waals surface area contributed by atoms with E-state index in [1.54, 1.807) is 25.1 Å². The number of amides is 1. The monoisotopic (exact) mass is 463 g/mol. The number of rotatable bonds is 7. The summed E-state index contributed by atoms with van der Waals surface area (Å²) in [6.45, 7) is 6.24. The van der Waals surface area contributed by atoms with Crippen molar-refractivity contribution in [3.63, 3.8) is 0 Å². The Kier molecular flexibility index (Phi) is 7.49. The van der Waals surface area contributed by atoms with Gasteiger partial charge in [0.25, 0.3) is 0 Å². The summed E-state index contributed by atoms with van der Waals surface area (Å²) in [6.07, 6.45) is 3.57. The van der Waals surface area contributed by atoms with Crippen LogP contribution in [0.2, 0.25) is 5.02 Å². The molecule has 31 heavy (non-hydrogen) atoms. The van der Waals surface area contributed by atoms with Crippen LogP contribution in [0.5, 0.6) is 0 Å². The van der Waals surface area contributed by atoms with Crippen LogP contribution < -0.4 is 14.5 Å². The van der Waals surface area contributed by atoms with Crippen molar-refractivity contribution in [2.75, 3.05) is 35.1 Å². The van der Waals surface area contributed by atoms with Crippen LogP contribution in [0.15, 0.2) is 42.5 Å². The van der Waals surface area contributed by atoms with Crippen LogP contribution in [0, 0.1) is 12.8 Å². The lowest BCUT2D eigenvalue weighted by Crippen LogP contribution is -2.40. The van der Waals surface area contributed by atoms with E-state index in [0.29, 0.717) is 23.2 Å². The Hall–Kier alpha value is -2.25. The number of hydrogen-bond donors (Lipinski definition) is 1. The molecule has 0 radical (unpaired) electrons. The van der Waals surface area contributed by atoms with Crippen molar-refractivity contribution in [3.05, 3.63) is 58.6 Å². The van der Waals surface area contributed by atoms with E-state index in [1.807, 2.05) is 12.1 Å². The van der Waals surface area contributed by atoms with Crippen LogP contribution in [0.3, 0.4) is 0 Å². The highest BCUT2D eigenvalue weighted by Crippen LogP contribution is 2.26. The first-order valence-corrected chi connectivity index (χ1v) is 12.7. The molecule has 2 aromatic carbocycles. The number of nitrogens with zero attached hydrogens (tertiary/aromatic N) is 2. The Labute approximate surface area is 190 Å². The molecule has 3 rings (SSSR count). The Morgan fingerprint density at radius 3 is 2.58 bits per heavy atom. The molecule has 1 fully saturated rings. The van der Waals surface area contributed by atoms with Gasteiger partial charge in [0.1, 0.15) is 6.54 Å². The van der Waals surface area contributed by atoms with Crippen molar-refractivity contribution >= 4 is 38.9 Å². The number of carbonyl (C=O) groups is 1. The molecular weight excluding hydrogens is 434 g/mol. The highest BCUT2D eigenvalue weighted by atomic mass is 35.5. The second kappa shape index (κ2) is 9.92. The van der Waals surface area contributed by atoms with Crippen LogP contribution in [0.4, 0.5) is 11.4 Å². The quantitative estimate of drug-likeness (QED) is 0.674. The van der Waals surface area contributed by atoms with Gasteiger partial charge in [-0.3, -0.25) is 9.10 Å². The van der Waals surface area contributed by atoms with Crippen LogP contribution in [-0.4, -0.2) is 40.2 Å². The van der Waals surface area contributed by atoms with Crippen molar-refractivity contribution < 1.29 is 13.2 Å². The van der Waals surface area contributed by atoms with Crippen LogP contribution in [-0.2, 0) is 21.4 Å². The zero-order valence-corrected chi connectivity index (χ0v) is 19.8. The van der Waals surface area contributed by atoms with E-state index in [0.717, 1.165) is 34.8 Å². The Morgan fingerprint density at radius 2 is 1.94 bits per heavy atom. The summed E-state index contributed by atoms with van der Waals surface area (Å²) in [7, 11) is -3.65. The number of anilines is 2. The predicted molar refractivity (Wildman–Crippen MR) is 127 cm³/mol. The van der Waals surface area contributed by atoms with Gasteiger partial charge in [0.15, 0.2) is 0 Å². The number of nitrogens with one attached hydrogen (secondary N) is 1. The summed E-state index contributed by atoms with van der Waals surface area (Å²) in [5.41, 5.74) is 3.30. The molecule has 1 unspecified atom stereocenters. The molecule has 1 heterocycles. The van der Waals surface area contributed by atoms with Crippen molar-refractivity contribution in [1.82, 2.24) is 5.32 Å². The number of carbonyl (C=O) groups excluding carboxylic acids is 1. The van der Waals surface area contributed by atoms with Crippen molar-refractivity contribution in [2.24, 2.45) is 5.92 Å². The van der Waals surface area contributed by atoms with Gasteiger partial charge < -0.3 is 10.2 Å². The van der Waals surface area contributed by atoms with E-state index in [4.69, 9.17) is 11.6 Å². The summed E-state index contributed by atoms with van der Waals surface area (Å²) in [5.74, 6) is 0.326. The highest BCUT2D eigenvalue weighted by molar-refractivity contribution is 7.92. The lowest BCUT2D eigenvalue weighted by Gasteiger charge is -2.32. The number of hydrogen-bond acceptors (Lipinski definition) is 4. The Bertz CT molecular complexity index is 1020. The van der Waals surface area contributed by atoms with E-state index >= 15 is 0 Å². The van der Waals surface area contributed by atoms with Crippen molar-refractivity contribution in [1.29, 1.82) is 0 Å². The molecule has 1 saturated heterocycles. The molecule has 0 saturated carbocycles. The summed E-state index contributed by atoms with van der Waals surface area (Å²) in [5, 5.41) is 3.23. The van der Waals surface area contributed by atoms with Gasteiger partial charge in [-0.2, -0.15) is 0 Å². The molecule has 8 heteroatoms. The summed E-state index contributed by atoms with van der Waals surface area (Å²) >= 11 is 6.04. The van der Waals surface area contributed by atoms with Gasteiger partial charge in [0.2, 0.25) is 15.9 Å². The Balaban J connectivity index is 1.62. The van der Waals surface area contributed by atoms with Gasteiger partial charge in [-0.05, 0) is 61.1 Å². The van der Waals surface area contributed by atoms with Gasteiger partial charge in [-0.25, -0.2) is 8.42 Å². The minimum atomic E-state index is -3.65. The van der Waals surface area contributed by atoms with E-state index in [9.17, 15) is 13.2 Å². The van der Waals surface area contributed by atoms with Gasteiger partial charge >= 0.3 is 0 Å². The summed E-state index contributed by atoms with van der Waals surface area (Å²) in [4.78, 5) is 14.9. The average molecular weight is 464 g/mol. The third kappa shape index (κ3) is 6.37. The maximum absolute atomic E-state index is 12.5. The molecule has 6 nitrogen and oxygen atoms in total. The standard InChI is InChI=1S/C23H30ClN3O3S/c1-17-5-4-12-26(15-17)21-10-7-19(8-11-21)14-25-23(28)16-27(31(3,29)30)22-13-20(24)9-6-18(22)2/h6-11,13,17H,4-5,12,14-16H2,1-3H3,(H,25,28). The minimum Gasteiger partial charge on any atom is -0.371 e. The zero-order chi connectivity index (χ0) is 22.6. The molecule has 168 valence electrons. The SMILES string of the molecule is Cc1ccc(Cl)cc1N(CC(=O)NCc1ccc(N2CCCC(C)C2)cc1)S(C)(=O)=O. The smallest absolute Gasteiger partial charge is 0.241 e. The van der Waals surface area contributed by atoms with Crippen molar-refractivity contribution in [2.45, 2.75) is 33.2 Å². The van der Waals surface area contributed by atoms with E-state index in [2.05, 4.69) is 29.3 Å². The number of sulfonamides is 1. The summed E-state index contributed by atoms with van der Waals surface area (Å²) < 4.78 is 25.7. The van der Waals surface area contributed by atoms with Gasteiger partial charge in [0, 0.05) is 30.3 Å². The lowest BCUT2D eigenvalue weighted by molar-refractivity contribution is -0.119. The zero-order valence-electron chi connectivity index (χ0n) is 18.3. The molecule has 2 aromatic rings. The van der Waals surface area contributed by atoms with Gasteiger partial charge in [-0.1, -0.05) is 36.7 Å². The lowest BCUT2D eigenvalue weighted by atomic mass is 9.99. The van der Waals surface area contributed by atoms with Crippen LogP contribution >= 0.6 is 11.6 Å². The molecule has 1 atom stereocenters. The summed E-state index contributed by atoms with van der Waals surface area (Å²) in [6, 6.07) is 13.2. The van der Waals surface area contributed by atoms with Gasteiger partial charge in [0.05, 0.1) is 11.9 Å². The number of benzene rings is 2. The first-order valence-electron chi connectivity index (χ1n) is 10.5. The molecule has 1 aliphatic rings. The number of halogens is 1. The molecule has 0 spiro atoms. The first-order chi connectivity index (χ1) is 14.6. The molecule has 0 aromatic heterocycles. The largest absolute Gasteiger partial charge is 0.371 e. The number of aryl methyl sites for hydroxylation is 1. The fourth-order valence-corrected chi connectivity index (χ4v) is 4.94. The Morgan fingerprint density at radius 1 is 1.23 bits per heavy atom. The van der Waals surface area contributed by atoms with Crippen molar-refractivity contribution in [3.8, 4) is 0 Å². The second-order valence-electron chi connectivity index (χ2n) is 8.34. The average Bonchev–Trinajstić information content (AvgIpc) is 2.72. The van der Waals surface area contributed by atoms with E-state index in [1.165, 1.54) is 18.5 Å². The van der Waals surface area contributed by atoms with Crippen LogP contribution in [0.25, 0.3) is 0 Å². The third-order valence-electron chi connectivity index (χ3n) is 5.58.